The van der Waals surface area contributed by atoms with Crippen molar-refractivity contribution >= 4 is 34.4 Å². The fourth-order valence-electron chi connectivity index (χ4n) is 3.15. The van der Waals surface area contributed by atoms with Gasteiger partial charge in [0.05, 0.1) is 12.1 Å². The van der Waals surface area contributed by atoms with E-state index in [1.165, 1.54) is 17.0 Å². The van der Waals surface area contributed by atoms with E-state index in [-0.39, 0.29) is 17.1 Å². The van der Waals surface area contributed by atoms with E-state index >= 15 is 0 Å². The molecule has 4 amide bonds. The molecule has 3 rings (SSSR count). The highest BCUT2D eigenvalue weighted by atomic mass is 32.1. The van der Waals surface area contributed by atoms with Crippen molar-refractivity contribution in [3.8, 4) is 10.4 Å². The molecule has 5 N–H and O–H groups in total. The molecule has 0 saturated carbocycles. The first kappa shape index (κ1) is 20.6. The number of thiophene rings is 1. The molecule has 0 bridgehead atoms. The van der Waals surface area contributed by atoms with Crippen LogP contribution < -0.4 is 16.8 Å². The number of urea groups is 2. The number of primary amides is 2. The molecule has 2 heterocycles. The molecule has 0 aliphatic carbocycles. The van der Waals surface area contributed by atoms with Gasteiger partial charge in [-0.2, -0.15) is 0 Å². The van der Waals surface area contributed by atoms with Crippen molar-refractivity contribution in [2.24, 2.45) is 11.5 Å². The van der Waals surface area contributed by atoms with E-state index in [4.69, 9.17) is 16.2 Å². The van der Waals surface area contributed by atoms with Gasteiger partial charge in [-0.05, 0) is 37.5 Å². The first-order chi connectivity index (χ1) is 13.7. The van der Waals surface area contributed by atoms with Gasteiger partial charge in [0.25, 0.3) is 0 Å². The predicted molar refractivity (Wildman–Crippen MR) is 107 cm³/mol. The van der Waals surface area contributed by atoms with Gasteiger partial charge in [-0.3, -0.25) is 5.32 Å². The van der Waals surface area contributed by atoms with E-state index < -0.39 is 30.0 Å². The van der Waals surface area contributed by atoms with E-state index in [9.17, 15) is 18.8 Å². The molecule has 29 heavy (non-hydrogen) atoms. The molecule has 1 aromatic heterocycles. The average Bonchev–Trinajstić information content (AvgIpc) is 3.04. The second-order valence-electron chi connectivity index (χ2n) is 6.78. The Hall–Kier alpha value is -3.14. The standard InChI is InChI=1S/C19H21FN4O4S/c1-10-4-5-12(14(20)7-10)15-8-13(16(29-15)23-18(21)26)17(25)28-11-3-2-6-24(9-11)19(22)27/h4-5,7-8,11H,2-3,6,9H2,1H3,(H2,22,27)(H3,21,23,26). The first-order valence-corrected chi connectivity index (χ1v) is 9.78. The molecule has 1 aliphatic rings. The summed E-state index contributed by atoms with van der Waals surface area (Å²) < 4.78 is 19.9. The maximum Gasteiger partial charge on any atom is 0.341 e. The Morgan fingerprint density at radius 1 is 1.28 bits per heavy atom. The van der Waals surface area contributed by atoms with Crippen LogP contribution in [0.5, 0.6) is 0 Å². The molecule has 8 nitrogen and oxygen atoms in total. The topological polar surface area (TPSA) is 128 Å². The quantitative estimate of drug-likeness (QED) is 0.657. The second-order valence-corrected chi connectivity index (χ2v) is 7.83. The third-order valence-corrected chi connectivity index (χ3v) is 5.63. The molecular weight excluding hydrogens is 399 g/mol. The summed E-state index contributed by atoms with van der Waals surface area (Å²) in [7, 11) is 0. The number of amides is 4. The number of nitrogens with zero attached hydrogens (tertiary/aromatic N) is 1. The summed E-state index contributed by atoms with van der Waals surface area (Å²) in [6.07, 6.45) is 0.707. The number of piperidine rings is 1. The van der Waals surface area contributed by atoms with Crippen LogP contribution in [0.1, 0.15) is 28.8 Å². The van der Waals surface area contributed by atoms with Crippen LogP contribution in [0.4, 0.5) is 19.0 Å². The van der Waals surface area contributed by atoms with Crippen molar-refractivity contribution in [2.75, 3.05) is 18.4 Å². The van der Waals surface area contributed by atoms with Gasteiger partial charge in [-0.15, -0.1) is 11.3 Å². The number of aryl methyl sites for hydroxylation is 1. The summed E-state index contributed by atoms with van der Waals surface area (Å²) >= 11 is 1.02. The van der Waals surface area contributed by atoms with Gasteiger partial charge in [0, 0.05) is 17.0 Å². The molecule has 10 heteroatoms. The van der Waals surface area contributed by atoms with Crippen molar-refractivity contribution in [2.45, 2.75) is 25.9 Å². The van der Waals surface area contributed by atoms with Gasteiger partial charge in [0.2, 0.25) is 0 Å². The number of likely N-dealkylation sites (tertiary alicyclic amines) is 1. The lowest BCUT2D eigenvalue weighted by Gasteiger charge is -2.31. The zero-order chi connectivity index (χ0) is 21.1. The lowest BCUT2D eigenvalue weighted by molar-refractivity contribution is 0.0129. The SMILES string of the molecule is Cc1ccc(-c2cc(C(=O)OC3CCCN(C(N)=O)C3)c(NC(N)=O)s2)c(F)c1. The Balaban J connectivity index is 1.86. The van der Waals surface area contributed by atoms with E-state index in [1.807, 2.05) is 0 Å². The van der Waals surface area contributed by atoms with Crippen molar-refractivity contribution < 1.29 is 23.5 Å². The summed E-state index contributed by atoms with van der Waals surface area (Å²) in [5.41, 5.74) is 11.6. The third kappa shape index (κ3) is 4.83. The summed E-state index contributed by atoms with van der Waals surface area (Å²) in [4.78, 5) is 37.3. The number of benzene rings is 1. The maximum absolute atomic E-state index is 14.4. The largest absolute Gasteiger partial charge is 0.457 e. The third-order valence-electron chi connectivity index (χ3n) is 4.54. The van der Waals surface area contributed by atoms with Crippen molar-refractivity contribution in [3.05, 3.63) is 41.2 Å². The fourth-order valence-corrected chi connectivity index (χ4v) is 4.23. The van der Waals surface area contributed by atoms with Crippen LogP contribution in [-0.2, 0) is 4.74 Å². The van der Waals surface area contributed by atoms with Crippen LogP contribution in [-0.4, -0.2) is 42.1 Å². The minimum absolute atomic E-state index is 0.0694. The highest BCUT2D eigenvalue weighted by molar-refractivity contribution is 7.20. The summed E-state index contributed by atoms with van der Waals surface area (Å²) in [5.74, 6) is -1.14. The van der Waals surface area contributed by atoms with Crippen LogP contribution in [0.15, 0.2) is 24.3 Å². The van der Waals surface area contributed by atoms with Gasteiger partial charge >= 0.3 is 18.0 Å². The lowest BCUT2D eigenvalue weighted by atomic mass is 10.1. The van der Waals surface area contributed by atoms with Gasteiger partial charge in [0.1, 0.15) is 16.9 Å². The number of halogens is 1. The number of nitrogens with two attached hydrogens (primary N) is 2. The highest BCUT2D eigenvalue weighted by Gasteiger charge is 2.28. The zero-order valence-electron chi connectivity index (χ0n) is 15.7. The van der Waals surface area contributed by atoms with Gasteiger partial charge < -0.3 is 21.1 Å². The maximum atomic E-state index is 14.4. The minimum atomic E-state index is -0.852. The number of carbonyl (C=O) groups is 3. The van der Waals surface area contributed by atoms with Gasteiger partial charge in [-0.25, -0.2) is 18.8 Å². The van der Waals surface area contributed by atoms with Crippen molar-refractivity contribution in [1.82, 2.24) is 4.90 Å². The molecule has 1 fully saturated rings. The van der Waals surface area contributed by atoms with Crippen LogP contribution in [0.25, 0.3) is 10.4 Å². The molecule has 2 aromatic rings. The number of anilines is 1. The van der Waals surface area contributed by atoms with E-state index in [2.05, 4.69) is 5.32 Å². The Morgan fingerprint density at radius 2 is 2.03 bits per heavy atom. The van der Waals surface area contributed by atoms with Crippen LogP contribution in [0, 0.1) is 12.7 Å². The number of carbonyl (C=O) groups excluding carboxylic acids is 3. The summed E-state index contributed by atoms with van der Waals surface area (Å²) in [6.45, 7) is 2.47. The van der Waals surface area contributed by atoms with Crippen molar-refractivity contribution in [3.63, 3.8) is 0 Å². The summed E-state index contributed by atoms with van der Waals surface area (Å²) in [5, 5.41) is 2.56. The van der Waals surface area contributed by atoms with Crippen LogP contribution in [0.2, 0.25) is 0 Å². The lowest BCUT2D eigenvalue weighted by Crippen LogP contribution is -2.46. The van der Waals surface area contributed by atoms with E-state index in [1.54, 1.807) is 19.1 Å². The number of esters is 1. The molecule has 1 atom stereocenters. The molecular formula is C19H21FN4O4S. The number of nitrogens with one attached hydrogen (secondary N) is 1. The number of ether oxygens (including phenoxy) is 1. The zero-order valence-corrected chi connectivity index (χ0v) is 16.6. The summed E-state index contributed by atoms with van der Waals surface area (Å²) in [6, 6.07) is 4.77. The predicted octanol–water partition coefficient (Wildman–Crippen LogP) is 3.05. The Labute approximate surface area is 170 Å². The van der Waals surface area contributed by atoms with E-state index in [0.717, 1.165) is 16.9 Å². The molecule has 1 saturated heterocycles. The molecule has 154 valence electrons. The molecule has 1 aromatic carbocycles. The monoisotopic (exact) mass is 420 g/mol. The van der Waals surface area contributed by atoms with Gasteiger partial charge in [-0.1, -0.05) is 12.1 Å². The fraction of sp³-hybridized carbons (Fsp3) is 0.316. The minimum Gasteiger partial charge on any atom is -0.457 e. The Bertz CT molecular complexity index is 962. The van der Waals surface area contributed by atoms with Crippen molar-refractivity contribution in [1.29, 1.82) is 0 Å². The second kappa shape index (κ2) is 8.48. The van der Waals surface area contributed by atoms with E-state index in [0.29, 0.717) is 29.8 Å². The van der Waals surface area contributed by atoms with Gasteiger partial charge in [0.15, 0.2) is 0 Å². The Morgan fingerprint density at radius 3 is 2.69 bits per heavy atom. The first-order valence-electron chi connectivity index (χ1n) is 8.96. The molecule has 1 unspecified atom stereocenters. The highest BCUT2D eigenvalue weighted by Crippen LogP contribution is 2.37. The number of rotatable bonds is 4. The molecule has 0 radical (unpaired) electrons. The van der Waals surface area contributed by atoms with Crippen LogP contribution in [0.3, 0.4) is 0 Å². The average molecular weight is 420 g/mol. The molecule has 1 aliphatic heterocycles. The smallest absolute Gasteiger partial charge is 0.341 e. The Kier molecular flexibility index (Phi) is 6.02. The number of hydrogen-bond donors (Lipinski definition) is 3. The number of hydrogen-bond acceptors (Lipinski definition) is 5. The van der Waals surface area contributed by atoms with Crippen LogP contribution >= 0.6 is 11.3 Å². The molecule has 0 spiro atoms. The normalized spacial score (nSPS) is 16.3.